The fourth-order valence-electron chi connectivity index (χ4n) is 4.87. The molecule has 6 rings (SSSR count). The molecule has 0 radical (unpaired) electrons. The molecule has 4 aromatic carbocycles. The van der Waals surface area contributed by atoms with Crippen molar-refractivity contribution in [1.29, 1.82) is 0 Å². The smallest absolute Gasteiger partial charge is 0.271 e. The Morgan fingerprint density at radius 1 is 0.837 bits per heavy atom. The third-order valence-corrected chi connectivity index (χ3v) is 9.07. The molecule has 0 bridgehead atoms. The average molecular weight is 602 g/mol. The van der Waals surface area contributed by atoms with Crippen molar-refractivity contribution >= 4 is 29.0 Å². The summed E-state index contributed by atoms with van der Waals surface area (Å²) in [6.45, 7) is 2.08. The highest BCUT2D eigenvalue weighted by Crippen LogP contribution is 2.28. The highest BCUT2D eigenvalue weighted by molar-refractivity contribution is 7.98. The first kappa shape index (κ1) is 28.6. The molecule has 0 aliphatic carbocycles. The topological polar surface area (TPSA) is 72.7 Å². The number of hydrogen-bond donors (Lipinski definition) is 1. The summed E-state index contributed by atoms with van der Waals surface area (Å²) < 4.78 is 2.12. The summed E-state index contributed by atoms with van der Waals surface area (Å²) in [6, 6.07) is 38.8. The van der Waals surface area contributed by atoms with E-state index in [1.54, 1.807) is 11.8 Å². The van der Waals surface area contributed by atoms with E-state index < -0.39 is 0 Å². The summed E-state index contributed by atoms with van der Waals surface area (Å²) in [5, 5.41) is 15.8. The molecular formula is C35H31N5OS2. The Hall–Kier alpha value is -4.53. The van der Waals surface area contributed by atoms with Gasteiger partial charge in [0, 0.05) is 17.5 Å². The molecule has 2 heterocycles. The molecule has 214 valence electrons. The second-order valence-electron chi connectivity index (χ2n) is 10.3. The molecular weight excluding hydrogens is 571 g/mol. The van der Waals surface area contributed by atoms with Gasteiger partial charge in [0.2, 0.25) is 0 Å². The van der Waals surface area contributed by atoms with Crippen LogP contribution in [0.25, 0.3) is 5.69 Å². The lowest BCUT2D eigenvalue weighted by Gasteiger charge is -2.19. The molecule has 0 spiro atoms. The minimum atomic E-state index is -0.176. The number of carbonyl (C=O) groups is 1. The van der Waals surface area contributed by atoms with Gasteiger partial charge in [-0.05, 0) is 42.2 Å². The summed E-state index contributed by atoms with van der Waals surface area (Å²) in [6.07, 6.45) is 1.37. The van der Waals surface area contributed by atoms with Gasteiger partial charge in [-0.1, -0.05) is 120 Å². The maximum Gasteiger partial charge on any atom is 0.271 e. The highest BCUT2D eigenvalue weighted by Gasteiger charge is 2.20. The average Bonchev–Trinajstić information content (AvgIpc) is 3.69. The van der Waals surface area contributed by atoms with Gasteiger partial charge in [0.05, 0.1) is 11.8 Å². The Kier molecular flexibility index (Phi) is 9.06. The van der Waals surface area contributed by atoms with Crippen LogP contribution in [0.15, 0.2) is 126 Å². The van der Waals surface area contributed by atoms with Crippen LogP contribution in [0.3, 0.4) is 0 Å². The molecule has 6 aromatic rings. The SMILES string of the molecule is Cc1ccc(-n2c(Cc3ccccc3)nnc2SCc2nc(C(=O)NC(Cc3ccccc3)c3ccccc3)cs2)cc1. The van der Waals surface area contributed by atoms with Crippen LogP contribution in [0.1, 0.15) is 49.6 Å². The van der Waals surface area contributed by atoms with Crippen molar-refractivity contribution in [3.8, 4) is 5.69 Å². The number of thioether (sulfide) groups is 1. The first-order valence-corrected chi connectivity index (χ1v) is 16.0. The summed E-state index contributed by atoms with van der Waals surface area (Å²) in [4.78, 5) is 18.0. The molecule has 0 aliphatic heterocycles. The Labute approximate surface area is 259 Å². The van der Waals surface area contributed by atoms with Crippen molar-refractivity contribution in [2.45, 2.75) is 36.7 Å². The quantitative estimate of drug-likeness (QED) is 0.155. The molecule has 0 saturated heterocycles. The minimum absolute atomic E-state index is 0.160. The fourth-order valence-corrected chi connectivity index (χ4v) is 6.63. The normalized spacial score (nSPS) is 11.7. The van der Waals surface area contributed by atoms with E-state index in [0.717, 1.165) is 32.8 Å². The first-order chi connectivity index (χ1) is 21.1. The molecule has 0 saturated carbocycles. The summed E-state index contributed by atoms with van der Waals surface area (Å²) in [5.41, 5.74) is 6.05. The molecule has 43 heavy (non-hydrogen) atoms. The molecule has 1 amide bonds. The molecule has 1 atom stereocenters. The number of aromatic nitrogens is 4. The number of nitrogens with zero attached hydrogens (tertiary/aromatic N) is 4. The van der Waals surface area contributed by atoms with Crippen LogP contribution < -0.4 is 5.32 Å². The number of rotatable bonds is 11. The largest absolute Gasteiger partial charge is 0.344 e. The van der Waals surface area contributed by atoms with E-state index >= 15 is 0 Å². The fraction of sp³-hybridized carbons (Fsp3) is 0.143. The second-order valence-corrected chi connectivity index (χ2v) is 12.2. The third-order valence-electron chi connectivity index (χ3n) is 7.10. The minimum Gasteiger partial charge on any atom is -0.344 e. The summed E-state index contributed by atoms with van der Waals surface area (Å²) in [7, 11) is 0. The van der Waals surface area contributed by atoms with Gasteiger partial charge >= 0.3 is 0 Å². The molecule has 1 unspecified atom stereocenters. The molecule has 6 nitrogen and oxygen atoms in total. The maximum absolute atomic E-state index is 13.3. The monoisotopic (exact) mass is 601 g/mol. The van der Waals surface area contributed by atoms with Crippen molar-refractivity contribution in [3.05, 3.63) is 159 Å². The lowest BCUT2D eigenvalue weighted by atomic mass is 9.99. The van der Waals surface area contributed by atoms with E-state index in [4.69, 9.17) is 4.98 Å². The van der Waals surface area contributed by atoms with Crippen molar-refractivity contribution in [2.24, 2.45) is 0 Å². The Bertz CT molecular complexity index is 1770. The van der Waals surface area contributed by atoms with E-state index in [2.05, 4.69) is 75.5 Å². The van der Waals surface area contributed by atoms with Crippen LogP contribution in [0.2, 0.25) is 0 Å². The van der Waals surface area contributed by atoms with Crippen molar-refractivity contribution in [1.82, 2.24) is 25.1 Å². The Morgan fingerprint density at radius 2 is 1.49 bits per heavy atom. The van der Waals surface area contributed by atoms with Gasteiger partial charge in [0.15, 0.2) is 5.16 Å². The van der Waals surface area contributed by atoms with Crippen LogP contribution >= 0.6 is 23.1 Å². The van der Waals surface area contributed by atoms with Crippen LogP contribution in [0, 0.1) is 6.92 Å². The maximum atomic E-state index is 13.3. The number of aryl methyl sites for hydroxylation is 1. The second kappa shape index (κ2) is 13.6. The standard InChI is InChI=1S/C35H31N5OS2/c1-25-17-19-29(20-18-25)40-32(22-27-13-7-3-8-14-27)38-39-35(40)43-24-33-36-31(23-42-33)34(41)37-30(28-15-9-4-10-16-28)21-26-11-5-2-6-12-26/h2-20,23,30H,21-22,24H2,1H3,(H,37,41). The molecule has 0 aliphatic rings. The Morgan fingerprint density at radius 3 is 2.19 bits per heavy atom. The molecule has 0 fully saturated rings. The number of hydrogen-bond acceptors (Lipinski definition) is 6. The number of carbonyl (C=O) groups excluding carboxylic acids is 1. The predicted molar refractivity (Wildman–Crippen MR) is 174 cm³/mol. The van der Waals surface area contributed by atoms with Gasteiger partial charge in [0.1, 0.15) is 16.5 Å². The third kappa shape index (κ3) is 7.28. The number of thiazole rings is 1. The lowest BCUT2D eigenvalue weighted by Crippen LogP contribution is -2.30. The van der Waals surface area contributed by atoms with Gasteiger partial charge in [-0.25, -0.2) is 4.98 Å². The number of nitrogens with one attached hydrogen (secondary N) is 1. The Balaban J connectivity index is 1.17. The van der Waals surface area contributed by atoms with Crippen molar-refractivity contribution in [3.63, 3.8) is 0 Å². The van der Waals surface area contributed by atoms with Gasteiger partial charge in [-0.3, -0.25) is 9.36 Å². The van der Waals surface area contributed by atoms with Crippen LogP contribution in [0.4, 0.5) is 0 Å². The predicted octanol–water partition coefficient (Wildman–Crippen LogP) is 7.63. The zero-order valence-corrected chi connectivity index (χ0v) is 25.4. The summed E-state index contributed by atoms with van der Waals surface area (Å²) >= 11 is 3.06. The summed E-state index contributed by atoms with van der Waals surface area (Å²) in [5.74, 6) is 1.28. The van der Waals surface area contributed by atoms with E-state index in [1.165, 1.54) is 22.5 Å². The first-order valence-electron chi connectivity index (χ1n) is 14.1. The van der Waals surface area contributed by atoms with Gasteiger partial charge < -0.3 is 5.32 Å². The zero-order chi connectivity index (χ0) is 29.4. The van der Waals surface area contributed by atoms with Crippen LogP contribution in [-0.4, -0.2) is 25.7 Å². The van der Waals surface area contributed by atoms with E-state index in [9.17, 15) is 4.79 Å². The van der Waals surface area contributed by atoms with E-state index in [-0.39, 0.29) is 11.9 Å². The van der Waals surface area contributed by atoms with Crippen molar-refractivity contribution in [2.75, 3.05) is 0 Å². The molecule has 8 heteroatoms. The van der Waals surface area contributed by atoms with Crippen LogP contribution in [-0.2, 0) is 18.6 Å². The zero-order valence-electron chi connectivity index (χ0n) is 23.8. The van der Waals surface area contributed by atoms with Crippen molar-refractivity contribution < 1.29 is 4.79 Å². The van der Waals surface area contributed by atoms with Gasteiger partial charge in [-0.2, -0.15) is 0 Å². The molecule has 1 N–H and O–H groups in total. The van der Waals surface area contributed by atoms with Gasteiger partial charge in [-0.15, -0.1) is 21.5 Å². The number of amides is 1. The van der Waals surface area contributed by atoms with Gasteiger partial charge in [0.25, 0.3) is 5.91 Å². The highest BCUT2D eigenvalue weighted by atomic mass is 32.2. The van der Waals surface area contributed by atoms with Crippen LogP contribution in [0.5, 0.6) is 0 Å². The molecule has 2 aromatic heterocycles. The number of benzene rings is 4. The van der Waals surface area contributed by atoms with E-state index in [0.29, 0.717) is 24.3 Å². The lowest BCUT2D eigenvalue weighted by molar-refractivity contribution is 0.0932. The van der Waals surface area contributed by atoms with E-state index in [1.807, 2.05) is 72.1 Å².